The van der Waals surface area contributed by atoms with Crippen molar-refractivity contribution in [2.24, 2.45) is 5.73 Å². The van der Waals surface area contributed by atoms with Crippen LogP contribution in [0.4, 0.5) is 0 Å². The van der Waals surface area contributed by atoms with Crippen LogP contribution in [0.1, 0.15) is 26.4 Å². The lowest BCUT2D eigenvalue weighted by Crippen LogP contribution is -2.12. The fraction of sp³-hybridized carbons (Fsp3) is 0.0588. The van der Waals surface area contributed by atoms with Crippen LogP contribution in [0.15, 0.2) is 48.5 Å². The van der Waals surface area contributed by atoms with Gasteiger partial charge in [-0.15, -0.1) is 0 Å². The molecule has 1 heterocycles. The first-order valence-electron chi connectivity index (χ1n) is 7.30. The van der Waals surface area contributed by atoms with E-state index >= 15 is 0 Å². The van der Waals surface area contributed by atoms with Gasteiger partial charge in [0, 0.05) is 5.56 Å². The van der Waals surface area contributed by atoms with E-state index in [2.05, 4.69) is 15.4 Å². The Morgan fingerprint density at radius 3 is 2.56 bits per heavy atom. The molecule has 0 atom stereocenters. The van der Waals surface area contributed by atoms with Gasteiger partial charge in [0.2, 0.25) is 0 Å². The molecular weight excluding hydrogens is 324 g/mol. The number of carboxylic acid groups (broad SMARTS) is 1. The normalized spacial score (nSPS) is 10.4. The quantitative estimate of drug-likeness (QED) is 0.628. The fourth-order valence-corrected chi connectivity index (χ4v) is 2.27. The van der Waals surface area contributed by atoms with Crippen molar-refractivity contribution >= 4 is 11.9 Å². The Morgan fingerprint density at radius 2 is 1.88 bits per heavy atom. The van der Waals surface area contributed by atoms with Gasteiger partial charge in [-0.25, -0.2) is 4.79 Å². The van der Waals surface area contributed by atoms with E-state index in [-0.39, 0.29) is 17.9 Å². The van der Waals surface area contributed by atoms with E-state index in [1.54, 1.807) is 42.5 Å². The molecule has 0 saturated carbocycles. The number of H-pyrrole nitrogens is 1. The van der Waals surface area contributed by atoms with E-state index in [1.807, 2.05) is 0 Å². The topological polar surface area (TPSA) is 131 Å². The summed E-state index contributed by atoms with van der Waals surface area (Å²) < 4.78 is 5.65. The second-order valence-electron chi connectivity index (χ2n) is 5.20. The summed E-state index contributed by atoms with van der Waals surface area (Å²) in [6, 6.07) is 13.4. The lowest BCUT2D eigenvalue weighted by atomic mass is 10.1. The number of nitrogens with two attached hydrogens (primary N) is 1. The van der Waals surface area contributed by atoms with Crippen molar-refractivity contribution in [2.75, 3.05) is 0 Å². The standard InChI is InChI=1S/C17H14N4O4/c18-16(22)15-14(19-21-20-15)11-4-6-13(7-5-11)25-9-10-2-1-3-12(8-10)17(23)24/h1-8H,9H2,(H2,18,22)(H,23,24)(H,19,20,21). The Balaban J connectivity index is 1.71. The molecule has 2 aromatic carbocycles. The van der Waals surface area contributed by atoms with E-state index in [0.29, 0.717) is 17.0 Å². The van der Waals surface area contributed by atoms with Crippen molar-refractivity contribution in [3.63, 3.8) is 0 Å². The second kappa shape index (κ2) is 6.83. The van der Waals surface area contributed by atoms with Crippen molar-refractivity contribution in [2.45, 2.75) is 6.61 Å². The molecule has 8 nitrogen and oxygen atoms in total. The molecule has 0 fully saturated rings. The largest absolute Gasteiger partial charge is 0.489 e. The number of nitrogens with zero attached hydrogens (tertiary/aromatic N) is 2. The highest BCUT2D eigenvalue weighted by molar-refractivity contribution is 5.96. The van der Waals surface area contributed by atoms with Crippen molar-refractivity contribution in [1.82, 2.24) is 15.4 Å². The predicted octanol–water partition coefficient (Wildman–Crippen LogP) is 1.85. The summed E-state index contributed by atoms with van der Waals surface area (Å²) in [5, 5.41) is 19.0. The van der Waals surface area contributed by atoms with Crippen LogP contribution in [0.25, 0.3) is 11.3 Å². The SMILES string of the molecule is NC(=O)c1n[nH]nc1-c1ccc(OCc2cccc(C(=O)O)c2)cc1. The number of aromatic carboxylic acids is 1. The molecule has 0 aliphatic rings. The van der Waals surface area contributed by atoms with Crippen molar-refractivity contribution in [1.29, 1.82) is 0 Å². The van der Waals surface area contributed by atoms with Crippen molar-refractivity contribution in [3.8, 4) is 17.0 Å². The van der Waals surface area contributed by atoms with Crippen LogP contribution in [0.5, 0.6) is 5.75 Å². The van der Waals surface area contributed by atoms with Crippen LogP contribution in [0, 0.1) is 0 Å². The highest BCUT2D eigenvalue weighted by atomic mass is 16.5. The first-order chi connectivity index (χ1) is 12.0. The first kappa shape index (κ1) is 16.2. The summed E-state index contributed by atoms with van der Waals surface area (Å²) in [6.45, 7) is 0.233. The number of nitrogens with one attached hydrogen (secondary N) is 1. The third kappa shape index (κ3) is 3.63. The zero-order valence-corrected chi connectivity index (χ0v) is 13.0. The molecule has 0 unspecified atom stereocenters. The molecule has 0 spiro atoms. The van der Waals surface area contributed by atoms with Crippen LogP contribution in [-0.4, -0.2) is 32.4 Å². The molecule has 3 rings (SSSR count). The average Bonchev–Trinajstić information content (AvgIpc) is 3.11. The first-order valence-corrected chi connectivity index (χ1v) is 7.30. The number of ether oxygens (including phenoxy) is 1. The highest BCUT2D eigenvalue weighted by Crippen LogP contribution is 2.23. The van der Waals surface area contributed by atoms with Gasteiger partial charge in [0.1, 0.15) is 18.1 Å². The minimum atomic E-state index is -0.982. The van der Waals surface area contributed by atoms with Gasteiger partial charge in [-0.05, 0) is 42.0 Å². The van der Waals surface area contributed by atoms with Crippen LogP contribution in [0.2, 0.25) is 0 Å². The smallest absolute Gasteiger partial charge is 0.335 e. The average molecular weight is 338 g/mol. The number of amides is 1. The van der Waals surface area contributed by atoms with Crippen LogP contribution in [-0.2, 0) is 6.61 Å². The zero-order chi connectivity index (χ0) is 17.8. The number of carbonyl (C=O) groups excluding carboxylic acids is 1. The molecule has 0 radical (unpaired) electrons. The number of hydrogen-bond donors (Lipinski definition) is 3. The summed E-state index contributed by atoms with van der Waals surface area (Å²) in [4.78, 5) is 22.3. The van der Waals surface area contributed by atoms with Crippen molar-refractivity contribution in [3.05, 3.63) is 65.4 Å². The molecule has 1 aromatic heterocycles. The predicted molar refractivity (Wildman–Crippen MR) is 88.1 cm³/mol. The maximum absolute atomic E-state index is 11.3. The second-order valence-corrected chi connectivity index (χ2v) is 5.20. The molecule has 0 aliphatic carbocycles. The molecule has 8 heteroatoms. The molecule has 0 bridgehead atoms. The summed E-state index contributed by atoms with van der Waals surface area (Å²) in [7, 11) is 0. The van der Waals surface area contributed by atoms with Gasteiger partial charge in [-0.2, -0.15) is 15.4 Å². The number of rotatable bonds is 6. The minimum absolute atomic E-state index is 0.0687. The van der Waals surface area contributed by atoms with Gasteiger partial charge in [-0.3, -0.25) is 4.79 Å². The summed E-state index contributed by atoms with van der Waals surface area (Å²) in [5.74, 6) is -1.06. The highest BCUT2D eigenvalue weighted by Gasteiger charge is 2.15. The summed E-state index contributed by atoms with van der Waals surface area (Å²) in [6.07, 6.45) is 0. The molecular formula is C17H14N4O4. The lowest BCUT2D eigenvalue weighted by Gasteiger charge is -2.07. The molecule has 0 saturated heterocycles. The third-order valence-electron chi connectivity index (χ3n) is 3.49. The maximum Gasteiger partial charge on any atom is 0.335 e. The third-order valence-corrected chi connectivity index (χ3v) is 3.49. The van der Waals surface area contributed by atoms with Crippen LogP contribution >= 0.6 is 0 Å². The van der Waals surface area contributed by atoms with Gasteiger partial charge in [0.15, 0.2) is 5.69 Å². The van der Waals surface area contributed by atoms with Crippen LogP contribution in [0.3, 0.4) is 0 Å². The zero-order valence-electron chi connectivity index (χ0n) is 13.0. The maximum atomic E-state index is 11.3. The van der Waals surface area contributed by atoms with Crippen molar-refractivity contribution < 1.29 is 19.4 Å². The van der Waals surface area contributed by atoms with E-state index in [0.717, 1.165) is 5.56 Å². The molecule has 1 amide bonds. The molecule has 3 aromatic rings. The number of carbonyl (C=O) groups is 2. The van der Waals surface area contributed by atoms with Gasteiger partial charge < -0.3 is 15.6 Å². The molecule has 25 heavy (non-hydrogen) atoms. The Labute approximate surface area is 142 Å². The Kier molecular flexibility index (Phi) is 4.42. The van der Waals surface area contributed by atoms with E-state index in [9.17, 15) is 9.59 Å². The van der Waals surface area contributed by atoms with Gasteiger partial charge in [-0.1, -0.05) is 12.1 Å². The Hall–Kier alpha value is -3.68. The fourth-order valence-electron chi connectivity index (χ4n) is 2.27. The van der Waals surface area contributed by atoms with Gasteiger partial charge in [0.25, 0.3) is 5.91 Å². The molecule has 4 N–H and O–H groups in total. The molecule has 0 aliphatic heterocycles. The van der Waals surface area contributed by atoms with Gasteiger partial charge >= 0.3 is 5.97 Å². The molecule has 126 valence electrons. The number of primary amides is 1. The van der Waals surface area contributed by atoms with E-state index < -0.39 is 11.9 Å². The van der Waals surface area contributed by atoms with E-state index in [4.69, 9.17) is 15.6 Å². The lowest BCUT2D eigenvalue weighted by molar-refractivity contribution is 0.0696. The minimum Gasteiger partial charge on any atom is -0.489 e. The monoisotopic (exact) mass is 338 g/mol. The number of aromatic amines is 1. The number of benzene rings is 2. The van der Waals surface area contributed by atoms with Gasteiger partial charge in [0.05, 0.1) is 5.56 Å². The number of hydrogen-bond acceptors (Lipinski definition) is 5. The van der Waals surface area contributed by atoms with Crippen LogP contribution < -0.4 is 10.5 Å². The number of carboxylic acids is 1. The Bertz CT molecular complexity index is 918. The Morgan fingerprint density at radius 1 is 1.12 bits per heavy atom. The summed E-state index contributed by atoms with van der Waals surface area (Å²) in [5.41, 5.74) is 7.31. The van der Waals surface area contributed by atoms with E-state index in [1.165, 1.54) is 6.07 Å². The summed E-state index contributed by atoms with van der Waals surface area (Å²) >= 11 is 0. The number of aromatic nitrogens is 3.